The van der Waals surface area contributed by atoms with Gasteiger partial charge in [-0.25, -0.2) is 0 Å². The van der Waals surface area contributed by atoms with Gasteiger partial charge in [0.15, 0.2) is 23.0 Å². The predicted molar refractivity (Wildman–Crippen MR) is 100 cm³/mol. The van der Waals surface area contributed by atoms with Crippen LogP contribution in [-0.2, 0) is 21.2 Å². The first kappa shape index (κ1) is 23.0. The third-order valence-electron chi connectivity index (χ3n) is 4.75. The van der Waals surface area contributed by atoms with Crippen molar-refractivity contribution in [3.8, 4) is 23.0 Å². The molecule has 1 atom stereocenters. The van der Waals surface area contributed by atoms with Crippen LogP contribution in [-0.4, -0.2) is 28.4 Å². The fraction of sp³-hybridized carbons (Fsp3) is 0.333. The molecule has 168 valence electrons. The van der Waals surface area contributed by atoms with Gasteiger partial charge in [-0.1, -0.05) is 6.07 Å². The van der Waals surface area contributed by atoms with Crippen molar-refractivity contribution in [3.05, 3.63) is 52.8 Å². The van der Waals surface area contributed by atoms with Crippen LogP contribution in [0.5, 0.6) is 23.0 Å². The van der Waals surface area contributed by atoms with E-state index in [9.17, 15) is 14.0 Å². The number of methoxy groups -OCH3 is 4. The van der Waals surface area contributed by atoms with Gasteiger partial charge in [-0.2, -0.15) is 14.0 Å². The van der Waals surface area contributed by atoms with E-state index in [-0.39, 0.29) is 12.0 Å². The maximum absolute atomic E-state index is 11.7. The molecule has 0 fully saturated rings. The van der Waals surface area contributed by atoms with E-state index < -0.39 is 16.0 Å². The fourth-order valence-electron chi connectivity index (χ4n) is 3.54. The van der Waals surface area contributed by atoms with E-state index in [0.29, 0.717) is 39.9 Å². The molecule has 2 aromatic rings. The van der Waals surface area contributed by atoms with E-state index in [4.69, 9.17) is 28.0 Å². The molecule has 0 spiro atoms. The molecule has 0 radical (unpaired) electrons. The van der Waals surface area contributed by atoms with E-state index in [1.54, 1.807) is 37.3 Å². The molecule has 0 saturated heterocycles. The first-order valence-electron chi connectivity index (χ1n) is 9.11. The molecule has 10 heteroatoms. The lowest BCUT2D eigenvalue weighted by molar-refractivity contribution is -1.92. The third kappa shape index (κ3) is 4.81. The Balaban J connectivity index is 2.19. The molecule has 1 heterocycles. The molecule has 0 aliphatic carbocycles. The Hall–Kier alpha value is -2.69. The first-order chi connectivity index (χ1) is 14.6. The molecule has 1 aliphatic rings. The molecule has 0 amide bonds. The molecule has 1 unspecified atom stereocenters. The zero-order valence-electron chi connectivity index (χ0n) is 17.7. The summed E-state index contributed by atoms with van der Waals surface area (Å²) in [4.78, 5) is 0. The summed E-state index contributed by atoms with van der Waals surface area (Å²) in [5.74, 6) is 0.0264. The molecular formula is C21H23ClO9. The van der Waals surface area contributed by atoms with Crippen LogP contribution in [0.25, 0.3) is 6.08 Å². The summed E-state index contributed by atoms with van der Waals surface area (Å²) in [6.45, 7) is 1.63. The van der Waals surface area contributed by atoms with Crippen molar-refractivity contribution in [2.75, 3.05) is 28.4 Å². The van der Waals surface area contributed by atoms with E-state index in [0.717, 1.165) is 0 Å². The van der Waals surface area contributed by atoms with Crippen LogP contribution in [0.3, 0.4) is 0 Å². The Labute approximate surface area is 182 Å². The van der Waals surface area contributed by atoms with Gasteiger partial charge < -0.3 is 23.7 Å². The maximum Gasteiger partial charge on any atom is 0.392 e. The molecule has 3 rings (SSSR count). The van der Waals surface area contributed by atoms with Crippen LogP contribution in [0.4, 0.5) is 0 Å². The summed E-state index contributed by atoms with van der Waals surface area (Å²) < 4.78 is 67.3. The highest BCUT2D eigenvalue weighted by Crippen LogP contribution is 2.46. The number of hydrogen-bond acceptors (Lipinski definition) is 9. The Morgan fingerprint density at radius 1 is 0.839 bits per heavy atom. The minimum absolute atomic E-state index is 0.129. The molecular weight excluding hydrogens is 432 g/mol. The fourth-order valence-corrected chi connectivity index (χ4v) is 4.01. The van der Waals surface area contributed by atoms with Crippen LogP contribution in [0.15, 0.2) is 36.1 Å². The van der Waals surface area contributed by atoms with Gasteiger partial charge in [0.1, 0.15) is 4.29 Å². The topological polar surface area (TPSA) is 125 Å². The molecule has 0 N–H and O–H groups in total. The van der Waals surface area contributed by atoms with Crippen molar-refractivity contribution in [2.24, 2.45) is 0 Å². The van der Waals surface area contributed by atoms with E-state index in [1.807, 2.05) is 0 Å². The molecule has 31 heavy (non-hydrogen) atoms. The SMILES string of the molecule is COc1ccc(CC2(O[Cl+3]([O-])([O-])[O-])OC(C)=Cc3cc(OC)c(OC)cc32)cc1OC. The lowest BCUT2D eigenvalue weighted by Gasteiger charge is -2.34. The van der Waals surface area contributed by atoms with Crippen molar-refractivity contribution in [1.29, 1.82) is 0 Å². The number of hydrogen-bond donors (Lipinski definition) is 0. The van der Waals surface area contributed by atoms with Gasteiger partial charge in [0.25, 0.3) is 0 Å². The Morgan fingerprint density at radius 2 is 1.42 bits per heavy atom. The standard InChI is InChI=1S/C21H23ClO9/c1-13-8-15-10-19(28-4)20(29-5)11-16(15)21(30-13,31-22(23,24)25)12-14-6-7-17(26-2)18(9-14)27-3/h6-11H,12H2,1-5H3. The zero-order chi connectivity index (χ0) is 22.8. The normalized spacial score (nSPS) is 17.9. The highest BCUT2D eigenvalue weighted by molar-refractivity contribution is 5.64. The van der Waals surface area contributed by atoms with Crippen LogP contribution in [0, 0.1) is 10.2 Å². The average molecular weight is 455 g/mol. The molecule has 0 bridgehead atoms. The molecule has 0 aromatic heterocycles. The van der Waals surface area contributed by atoms with Crippen molar-refractivity contribution in [1.82, 2.24) is 0 Å². The molecule has 2 aromatic carbocycles. The van der Waals surface area contributed by atoms with E-state index in [2.05, 4.69) is 0 Å². The minimum atomic E-state index is -4.85. The van der Waals surface area contributed by atoms with Gasteiger partial charge in [-0.3, -0.25) is 0 Å². The monoisotopic (exact) mass is 454 g/mol. The van der Waals surface area contributed by atoms with Gasteiger partial charge in [0.05, 0.1) is 56.4 Å². The second-order valence-electron chi connectivity index (χ2n) is 6.73. The summed E-state index contributed by atoms with van der Waals surface area (Å²) in [5.41, 5.74) is 1.42. The maximum atomic E-state index is 11.7. The molecule has 0 saturated carbocycles. The van der Waals surface area contributed by atoms with Crippen LogP contribution < -0.4 is 32.9 Å². The summed E-state index contributed by atoms with van der Waals surface area (Å²) in [5, 5.41) is 0. The van der Waals surface area contributed by atoms with E-state index >= 15 is 0 Å². The van der Waals surface area contributed by atoms with Gasteiger partial charge in [-0.15, -0.1) is 0 Å². The first-order valence-corrected chi connectivity index (χ1v) is 10.3. The highest BCUT2D eigenvalue weighted by atomic mass is 35.7. The quantitative estimate of drug-likeness (QED) is 0.558. The summed E-state index contributed by atoms with van der Waals surface area (Å²) in [7, 11) is 1.05. The van der Waals surface area contributed by atoms with Crippen molar-refractivity contribution < 1.29 is 52.2 Å². The van der Waals surface area contributed by atoms with E-state index in [1.165, 1.54) is 34.5 Å². The number of halogens is 1. The molecule has 9 nitrogen and oxygen atoms in total. The lowest BCUT2D eigenvalue weighted by Crippen LogP contribution is -2.64. The predicted octanol–water partition coefficient (Wildman–Crippen LogP) is 0.421. The van der Waals surface area contributed by atoms with Gasteiger partial charge in [0.2, 0.25) is 0 Å². The number of fused-ring (bicyclic) bond motifs is 1. The van der Waals surface area contributed by atoms with Crippen molar-refractivity contribution in [2.45, 2.75) is 19.1 Å². The summed E-state index contributed by atoms with van der Waals surface area (Å²) in [6.07, 6.45) is 1.55. The Morgan fingerprint density at radius 3 is 2.00 bits per heavy atom. The van der Waals surface area contributed by atoms with Crippen LogP contribution in [0.2, 0.25) is 0 Å². The van der Waals surface area contributed by atoms with Crippen LogP contribution >= 0.6 is 0 Å². The highest BCUT2D eigenvalue weighted by Gasteiger charge is 2.54. The van der Waals surface area contributed by atoms with Crippen molar-refractivity contribution >= 4 is 6.08 Å². The zero-order valence-corrected chi connectivity index (χ0v) is 18.5. The third-order valence-corrected chi connectivity index (χ3v) is 5.19. The minimum Gasteiger partial charge on any atom is -0.493 e. The largest absolute Gasteiger partial charge is 0.493 e. The second kappa shape index (κ2) is 8.81. The lowest BCUT2D eigenvalue weighted by atomic mass is 9.90. The number of benzene rings is 2. The average Bonchev–Trinajstić information content (AvgIpc) is 2.71. The number of rotatable bonds is 8. The second-order valence-corrected chi connectivity index (χ2v) is 7.64. The summed E-state index contributed by atoms with van der Waals surface area (Å²) in [6, 6.07) is 8.18. The van der Waals surface area contributed by atoms with Gasteiger partial charge in [0, 0.05) is 0 Å². The smallest absolute Gasteiger partial charge is 0.392 e. The van der Waals surface area contributed by atoms with Gasteiger partial charge in [-0.05, 0) is 48.4 Å². The van der Waals surface area contributed by atoms with Crippen LogP contribution in [0.1, 0.15) is 23.6 Å². The van der Waals surface area contributed by atoms with Crippen molar-refractivity contribution in [3.63, 3.8) is 0 Å². The Kier molecular flexibility index (Phi) is 6.54. The number of ether oxygens (including phenoxy) is 5. The molecule has 1 aliphatic heterocycles. The van der Waals surface area contributed by atoms with Gasteiger partial charge >= 0.3 is 5.79 Å². The Bertz CT molecular complexity index is 984. The summed E-state index contributed by atoms with van der Waals surface area (Å²) >= 11 is 0. The number of allylic oxidation sites excluding steroid dienone is 1.